The van der Waals surface area contributed by atoms with Crippen molar-refractivity contribution in [1.29, 1.82) is 0 Å². The van der Waals surface area contributed by atoms with Crippen LogP contribution in [0.3, 0.4) is 0 Å². The van der Waals surface area contributed by atoms with E-state index >= 15 is 0 Å². The van der Waals surface area contributed by atoms with E-state index in [4.69, 9.17) is 10.5 Å². The third kappa shape index (κ3) is 16.6. The first kappa shape index (κ1) is 45.0. The second-order valence-electron chi connectivity index (χ2n) is 13.0. The highest BCUT2D eigenvalue weighted by Gasteiger charge is 2.37. The molecule has 21 heteroatoms. The molecule has 0 aromatic heterocycles. The van der Waals surface area contributed by atoms with Gasteiger partial charge in [-0.2, -0.15) is 0 Å². The minimum absolute atomic E-state index is 0.130. The average molecular weight is 775 g/mol. The van der Waals surface area contributed by atoms with Crippen LogP contribution in [-0.2, 0) is 59.1 Å². The van der Waals surface area contributed by atoms with Crippen LogP contribution < -0.4 is 48.3 Å². The Morgan fingerprint density at radius 1 is 0.709 bits per heavy atom. The highest BCUT2D eigenvalue weighted by Crippen LogP contribution is 2.16. The van der Waals surface area contributed by atoms with Crippen molar-refractivity contribution in [2.45, 2.75) is 63.8 Å². The molecule has 55 heavy (non-hydrogen) atoms. The third-order valence-electron chi connectivity index (χ3n) is 8.21. The summed E-state index contributed by atoms with van der Waals surface area (Å²) in [6.07, 6.45) is 0.251. The van der Waals surface area contributed by atoms with Gasteiger partial charge in [0.05, 0.1) is 58.3 Å². The molecular weight excluding hydrogens is 724 g/mol. The molecule has 1 fully saturated rings. The Bertz CT molecular complexity index is 1590. The van der Waals surface area contributed by atoms with E-state index in [1.807, 2.05) is 18.2 Å². The number of rotatable bonds is 4. The van der Waals surface area contributed by atoms with Gasteiger partial charge >= 0.3 is 0 Å². The first-order chi connectivity index (χ1) is 25.9. The number of primary amides is 1. The summed E-state index contributed by atoms with van der Waals surface area (Å²) in [7, 11) is 1.35. The van der Waals surface area contributed by atoms with Gasteiger partial charge in [-0.15, -0.1) is 0 Å². The summed E-state index contributed by atoms with van der Waals surface area (Å²) in [6.45, 7) is 0.687. The van der Waals surface area contributed by atoms with Crippen LogP contribution in [0.1, 0.15) is 39.2 Å². The molecule has 21 nitrogen and oxygen atoms in total. The van der Waals surface area contributed by atoms with Crippen LogP contribution in [0.25, 0.3) is 0 Å². The molecule has 3 unspecified atom stereocenters. The Morgan fingerprint density at radius 3 is 1.67 bits per heavy atom. The number of nitrogens with one attached hydrogen (secondary N) is 8. The molecule has 0 aliphatic carbocycles. The molecule has 3 atom stereocenters. The van der Waals surface area contributed by atoms with Crippen molar-refractivity contribution in [3.8, 4) is 0 Å². The highest BCUT2D eigenvalue weighted by molar-refractivity contribution is 5.94. The van der Waals surface area contributed by atoms with Crippen LogP contribution in [-0.4, -0.2) is 141 Å². The van der Waals surface area contributed by atoms with Crippen LogP contribution in [0.15, 0.2) is 30.3 Å². The molecule has 302 valence electrons. The Kier molecular flexibility index (Phi) is 18.2. The Balaban J connectivity index is 2.14. The Labute approximate surface area is 317 Å². The minimum atomic E-state index is -1.52. The molecule has 1 aromatic carbocycles. The van der Waals surface area contributed by atoms with Crippen LogP contribution in [0.2, 0.25) is 0 Å². The van der Waals surface area contributed by atoms with Crippen molar-refractivity contribution < 1.29 is 52.7 Å². The van der Waals surface area contributed by atoms with Gasteiger partial charge in [0.25, 0.3) is 5.91 Å². The number of nitrogens with zero attached hydrogens (tertiary/aromatic N) is 1. The van der Waals surface area contributed by atoms with Gasteiger partial charge in [-0.05, 0) is 39.2 Å². The molecule has 0 saturated carbocycles. The first-order valence-electron chi connectivity index (χ1n) is 17.3. The Hall–Kier alpha value is -6.12. The second kappa shape index (κ2) is 22.2. The monoisotopic (exact) mass is 774 g/mol. The highest BCUT2D eigenvalue weighted by atomic mass is 16.5. The van der Waals surface area contributed by atoms with E-state index in [-0.39, 0.29) is 19.4 Å². The summed E-state index contributed by atoms with van der Waals surface area (Å²) < 4.78 is 5.64. The number of amides is 10. The zero-order chi connectivity index (χ0) is 41.1. The molecule has 1 heterocycles. The maximum atomic E-state index is 13.3. The van der Waals surface area contributed by atoms with Crippen LogP contribution in [0.5, 0.6) is 0 Å². The Morgan fingerprint density at radius 2 is 1.16 bits per heavy atom. The first-order valence-corrected chi connectivity index (χ1v) is 17.3. The fourth-order valence-electron chi connectivity index (χ4n) is 4.94. The molecule has 0 spiro atoms. The largest absolute Gasteiger partial charge is 0.368 e. The van der Waals surface area contributed by atoms with Gasteiger partial charge in [0.15, 0.2) is 0 Å². The van der Waals surface area contributed by atoms with E-state index < -0.39 is 122 Å². The molecule has 10 amide bonds. The number of carbonyl (C=O) groups is 10. The number of hydrogen-bond acceptors (Lipinski definition) is 11. The summed E-state index contributed by atoms with van der Waals surface area (Å²) in [5, 5.41) is 18.7. The van der Waals surface area contributed by atoms with Crippen molar-refractivity contribution in [3.05, 3.63) is 35.9 Å². The van der Waals surface area contributed by atoms with Crippen molar-refractivity contribution in [2.75, 3.05) is 52.9 Å². The summed E-state index contributed by atoms with van der Waals surface area (Å²) >= 11 is 0. The van der Waals surface area contributed by atoms with E-state index in [9.17, 15) is 47.9 Å². The van der Waals surface area contributed by atoms with E-state index in [1.165, 1.54) is 27.8 Å². The second-order valence-corrected chi connectivity index (χ2v) is 13.0. The topological polar surface area (TPSA) is 305 Å². The molecule has 10 N–H and O–H groups in total. The quantitative estimate of drug-likeness (QED) is 0.139. The zero-order valence-corrected chi connectivity index (χ0v) is 31.2. The SMILES string of the molecule is CC1C(C(N)=O)NC(=O)CNC(=O)CNC(=O)CNC(=O)CNC(=O)C(CCc2ccccc2)NC(=O)CNC(=O)CNC(=O)CCOC(C)(C)C(=O)N1C. The maximum absolute atomic E-state index is 13.3. The summed E-state index contributed by atoms with van der Waals surface area (Å²) in [5.41, 5.74) is 4.85. The van der Waals surface area contributed by atoms with Gasteiger partial charge in [0, 0.05) is 7.05 Å². The van der Waals surface area contributed by atoms with Crippen LogP contribution in [0, 0.1) is 0 Å². The number of benzene rings is 1. The van der Waals surface area contributed by atoms with E-state index in [0.717, 1.165) is 10.5 Å². The van der Waals surface area contributed by atoms with E-state index in [0.29, 0.717) is 6.42 Å². The standard InChI is InChI=1S/C34H50N10O11/c1-20-30(31(35)52)43-29(51)19-40-26(48)16-37-25(47)15-38-27(49)17-41-32(53)22(11-10-21-8-6-5-7-9-21)42-28(50)18-39-24(46)14-36-23(45)12-13-55-34(2,3)33(54)44(20)4/h5-9,20,22,30H,10-19H2,1-4H3,(H2,35,52)(H,36,45)(H,37,47)(H,38,49)(H,39,46)(H,40,48)(H,41,53)(H,42,50)(H,43,51). The van der Waals surface area contributed by atoms with Gasteiger partial charge in [0.2, 0.25) is 53.2 Å². The van der Waals surface area contributed by atoms with Crippen molar-refractivity contribution in [1.82, 2.24) is 47.4 Å². The number of nitrogens with two attached hydrogens (primary N) is 1. The average Bonchev–Trinajstić information content (AvgIpc) is 3.15. The normalized spacial score (nSPS) is 22.9. The van der Waals surface area contributed by atoms with Gasteiger partial charge in [-0.1, -0.05) is 30.3 Å². The lowest BCUT2D eigenvalue weighted by atomic mass is 10.0. The lowest BCUT2D eigenvalue weighted by Gasteiger charge is -2.36. The fraction of sp³-hybridized carbons (Fsp3) is 0.529. The molecule has 1 aliphatic rings. The summed E-state index contributed by atoms with van der Waals surface area (Å²) in [5.74, 6) is -7.53. The zero-order valence-electron chi connectivity index (χ0n) is 31.2. The summed E-state index contributed by atoms with van der Waals surface area (Å²) in [6, 6.07) is 5.57. The minimum Gasteiger partial charge on any atom is -0.368 e. The fourth-order valence-corrected chi connectivity index (χ4v) is 4.94. The van der Waals surface area contributed by atoms with Gasteiger partial charge < -0.3 is 57.9 Å². The smallest absolute Gasteiger partial charge is 0.254 e. The van der Waals surface area contributed by atoms with E-state index in [1.54, 1.807) is 12.1 Å². The maximum Gasteiger partial charge on any atom is 0.254 e. The predicted molar refractivity (Wildman–Crippen MR) is 193 cm³/mol. The number of hydrogen-bond donors (Lipinski definition) is 9. The van der Waals surface area contributed by atoms with E-state index in [2.05, 4.69) is 42.5 Å². The third-order valence-corrected chi connectivity index (χ3v) is 8.21. The number of carbonyl (C=O) groups excluding carboxylic acids is 10. The van der Waals surface area contributed by atoms with Crippen molar-refractivity contribution in [2.24, 2.45) is 5.73 Å². The molecule has 1 aliphatic heterocycles. The van der Waals surface area contributed by atoms with Gasteiger partial charge in [-0.25, -0.2) is 0 Å². The molecule has 0 bridgehead atoms. The van der Waals surface area contributed by atoms with Crippen LogP contribution >= 0.6 is 0 Å². The van der Waals surface area contributed by atoms with Gasteiger partial charge in [-0.3, -0.25) is 47.9 Å². The van der Waals surface area contributed by atoms with Crippen molar-refractivity contribution in [3.63, 3.8) is 0 Å². The predicted octanol–water partition coefficient (Wildman–Crippen LogP) is -5.18. The molecule has 0 radical (unpaired) electrons. The van der Waals surface area contributed by atoms with Gasteiger partial charge in [0.1, 0.15) is 17.7 Å². The van der Waals surface area contributed by atoms with Crippen molar-refractivity contribution >= 4 is 59.1 Å². The summed E-state index contributed by atoms with van der Waals surface area (Å²) in [4.78, 5) is 127. The lowest BCUT2D eigenvalue weighted by molar-refractivity contribution is -0.157. The molecule has 2 rings (SSSR count). The lowest BCUT2D eigenvalue weighted by Crippen LogP contribution is -2.60. The molecular formula is C34H50N10O11. The van der Waals surface area contributed by atoms with Crippen LogP contribution in [0.4, 0.5) is 0 Å². The molecule has 1 saturated heterocycles. The number of likely N-dealkylation sites (N-methyl/N-ethyl adjacent to an activating group) is 1. The number of ether oxygens (including phenoxy) is 1. The molecule has 1 aromatic rings. The number of aryl methyl sites for hydroxylation is 1.